The standard InChI is InChI=1S/C12H12O3/c1-8-11(7-12(13)15-8)9-3-5-10(14-2)6-4-9/h3-8H,1-2H3. The number of hydrogen-bond donors (Lipinski definition) is 0. The van der Waals surface area contributed by atoms with Gasteiger partial charge in [-0.2, -0.15) is 0 Å². The second kappa shape index (κ2) is 3.77. The van der Waals surface area contributed by atoms with Gasteiger partial charge in [0.1, 0.15) is 11.9 Å². The summed E-state index contributed by atoms with van der Waals surface area (Å²) in [5.74, 6) is 0.533. The second-order valence-electron chi connectivity index (χ2n) is 3.41. The number of methoxy groups -OCH3 is 1. The van der Waals surface area contributed by atoms with Crippen molar-refractivity contribution in [3.05, 3.63) is 35.9 Å². The summed E-state index contributed by atoms with van der Waals surface area (Å²) in [6.45, 7) is 1.86. The van der Waals surface area contributed by atoms with Crippen LogP contribution in [-0.2, 0) is 9.53 Å². The average molecular weight is 204 g/mol. The molecule has 3 heteroatoms. The molecule has 3 nitrogen and oxygen atoms in total. The molecule has 78 valence electrons. The molecule has 1 aromatic carbocycles. The van der Waals surface area contributed by atoms with Gasteiger partial charge in [0.15, 0.2) is 0 Å². The van der Waals surface area contributed by atoms with Gasteiger partial charge >= 0.3 is 5.97 Å². The lowest BCUT2D eigenvalue weighted by atomic mass is 10.0. The van der Waals surface area contributed by atoms with Gasteiger partial charge < -0.3 is 9.47 Å². The van der Waals surface area contributed by atoms with E-state index < -0.39 is 0 Å². The normalized spacial score (nSPS) is 19.7. The molecule has 1 atom stereocenters. The molecule has 0 amide bonds. The van der Waals surface area contributed by atoms with Crippen molar-refractivity contribution in [1.29, 1.82) is 0 Å². The summed E-state index contributed by atoms with van der Waals surface area (Å²) < 4.78 is 10.1. The van der Waals surface area contributed by atoms with E-state index >= 15 is 0 Å². The van der Waals surface area contributed by atoms with Gasteiger partial charge in [0.05, 0.1) is 7.11 Å². The number of esters is 1. The minimum atomic E-state index is -0.270. The van der Waals surface area contributed by atoms with Crippen LogP contribution in [0.5, 0.6) is 5.75 Å². The summed E-state index contributed by atoms with van der Waals surface area (Å²) in [6, 6.07) is 7.57. The van der Waals surface area contributed by atoms with E-state index in [4.69, 9.17) is 9.47 Å². The van der Waals surface area contributed by atoms with Gasteiger partial charge in [0.25, 0.3) is 0 Å². The maximum absolute atomic E-state index is 11.0. The fraction of sp³-hybridized carbons (Fsp3) is 0.250. The molecule has 15 heavy (non-hydrogen) atoms. The third-order valence-electron chi connectivity index (χ3n) is 2.43. The van der Waals surface area contributed by atoms with Crippen LogP contribution in [0.25, 0.3) is 5.57 Å². The van der Waals surface area contributed by atoms with Crippen LogP contribution in [0.1, 0.15) is 12.5 Å². The first-order chi connectivity index (χ1) is 7.20. The van der Waals surface area contributed by atoms with E-state index in [2.05, 4.69) is 0 Å². The maximum atomic E-state index is 11.0. The molecule has 1 heterocycles. The Kier molecular flexibility index (Phi) is 2.46. The Balaban J connectivity index is 2.30. The Morgan fingerprint density at radius 3 is 2.40 bits per heavy atom. The van der Waals surface area contributed by atoms with Crippen molar-refractivity contribution in [1.82, 2.24) is 0 Å². The first-order valence-corrected chi connectivity index (χ1v) is 4.77. The third kappa shape index (κ3) is 1.86. The molecule has 1 aliphatic heterocycles. The van der Waals surface area contributed by atoms with E-state index in [-0.39, 0.29) is 12.1 Å². The minimum absolute atomic E-state index is 0.161. The van der Waals surface area contributed by atoms with Gasteiger partial charge in [0, 0.05) is 11.6 Å². The van der Waals surface area contributed by atoms with Gasteiger partial charge in [-0.1, -0.05) is 12.1 Å². The summed E-state index contributed by atoms with van der Waals surface area (Å²) in [5.41, 5.74) is 1.91. The van der Waals surface area contributed by atoms with E-state index in [1.54, 1.807) is 7.11 Å². The lowest BCUT2D eigenvalue weighted by Crippen LogP contribution is -2.05. The highest BCUT2D eigenvalue weighted by atomic mass is 16.5. The van der Waals surface area contributed by atoms with Crippen LogP contribution in [0.15, 0.2) is 30.3 Å². The molecule has 0 saturated carbocycles. The molecule has 0 aliphatic carbocycles. The molecular formula is C12H12O3. The Labute approximate surface area is 88.3 Å². The van der Waals surface area contributed by atoms with Gasteiger partial charge in [0.2, 0.25) is 0 Å². The van der Waals surface area contributed by atoms with Crippen molar-refractivity contribution in [3.8, 4) is 5.75 Å². The van der Waals surface area contributed by atoms with Crippen molar-refractivity contribution < 1.29 is 14.3 Å². The molecule has 0 aromatic heterocycles. The Morgan fingerprint density at radius 2 is 1.93 bits per heavy atom. The number of benzene rings is 1. The van der Waals surface area contributed by atoms with Crippen LogP contribution in [0, 0.1) is 0 Å². The Hall–Kier alpha value is -1.77. The smallest absolute Gasteiger partial charge is 0.331 e. The molecule has 0 radical (unpaired) electrons. The molecule has 1 unspecified atom stereocenters. The van der Waals surface area contributed by atoms with Crippen molar-refractivity contribution in [2.75, 3.05) is 7.11 Å². The van der Waals surface area contributed by atoms with Crippen LogP contribution < -0.4 is 4.74 Å². The van der Waals surface area contributed by atoms with E-state index in [9.17, 15) is 4.79 Å². The lowest BCUT2D eigenvalue weighted by Gasteiger charge is -2.09. The van der Waals surface area contributed by atoms with Crippen molar-refractivity contribution in [2.24, 2.45) is 0 Å². The van der Waals surface area contributed by atoms with Crippen molar-refractivity contribution >= 4 is 11.5 Å². The van der Waals surface area contributed by atoms with E-state index in [1.165, 1.54) is 6.08 Å². The molecule has 0 bridgehead atoms. The van der Waals surface area contributed by atoms with Crippen molar-refractivity contribution in [3.63, 3.8) is 0 Å². The van der Waals surface area contributed by atoms with E-state index in [1.807, 2.05) is 31.2 Å². The summed E-state index contributed by atoms with van der Waals surface area (Å²) in [4.78, 5) is 11.0. The zero-order valence-electron chi connectivity index (χ0n) is 8.69. The van der Waals surface area contributed by atoms with Gasteiger partial charge in [-0.05, 0) is 24.6 Å². The second-order valence-corrected chi connectivity index (χ2v) is 3.41. The monoisotopic (exact) mass is 204 g/mol. The lowest BCUT2D eigenvalue weighted by molar-refractivity contribution is -0.137. The first-order valence-electron chi connectivity index (χ1n) is 4.77. The predicted molar refractivity (Wildman–Crippen MR) is 56.5 cm³/mol. The van der Waals surface area contributed by atoms with E-state index in [0.29, 0.717) is 0 Å². The zero-order valence-corrected chi connectivity index (χ0v) is 8.69. The quantitative estimate of drug-likeness (QED) is 0.691. The summed E-state index contributed by atoms with van der Waals surface area (Å²) >= 11 is 0. The van der Waals surface area contributed by atoms with E-state index in [0.717, 1.165) is 16.9 Å². The number of ether oxygens (including phenoxy) is 2. The fourth-order valence-electron chi connectivity index (χ4n) is 1.62. The SMILES string of the molecule is COc1ccc(C2=CC(=O)OC2C)cc1. The summed E-state index contributed by atoms with van der Waals surface area (Å²) in [6.07, 6.45) is 1.37. The minimum Gasteiger partial charge on any atom is -0.497 e. The summed E-state index contributed by atoms with van der Waals surface area (Å²) in [7, 11) is 1.62. The Morgan fingerprint density at radius 1 is 1.27 bits per heavy atom. The molecule has 0 saturated heterocycles. The molecule has 1 aromatic rings. The molecule has 0 N–H and O–H groups in total. The van der Waals surface area contributed by atoms with Gasteiger partial charge in [-0.15, -0.1) is 0 Å². The first kappa shape index (κ1) is 9.77. The Bertz CT molecular complexity index is 403. The number of hydrogen-bond acceptors (Lipinski definition) is 3. The largest absolute Gasteiger partial charge is 0.497 e. The highest BCUT2D eigenvalue weighted by Gasteiger charge is 2.22. The van der Waals surface area contributed by atoms with Crippen LogP contribution in [0.2, 0.25) is 0 Å². The highest BCUT2D eigenvalue weighted by Crippen LogP contribution is 2.27. The van der Waals surface area contributed by atoms with Crippen LogP contribution in [0.4, 0.5) is 0 Å². The molecule has 1 aliphatic rings. The summed E-state index contributed by atoms with van der Waals surface area (Å²) in [5, 5.41) is 0. The number of rotatable bonds is 2. The molecule has 0 spiro atoms. The number of carbonyl (C=O) groups excluding carboxylic acids is 1. The molecule has 0 fully saturated rings. The molecular weight excluding hydrogens is 192 g/mol. The van der Waals surface area contributed by atoms with Gasteiger partial charge in [-0.25, -0.2) is 4.79 Å². The van der Waals surface area contributed by atoms with Crippen LogP contribution in [0.3, 0.4) is 0 Å². The fourth-order valence-corrected chi connectivity index (χ4v) is 1.62. The average Bonchev–Trinajstić information content (AvgIpc) is 2.58. The number of cyclic esters (lactones) is 1. The molecule has 2 rings (SSSR count). The third-order valence-corrected chi connectivity index (χ3v) is 2.43. The highest BCUT2D eigenvalue weighted by molar-refractivity contribution is 5.96. The van der Waals surface area contributed by atoms with Crippen LogP contribution >= 0.6 is 0 Å². The maximum Gasteiger partial charge on any atom is 0.331 e. The zero-order chi connectivity index (χ0) is 10.8. The number of carbonyl (C=O) groups is 1. The predicted octanol–water partition coefficient (Wildman–Crippen LogP) is 2.02. The topological polar surface area (TPSA) is 35.5 Å². The van der Waals surface area contributed by atoms with Crippen LogP contribution in [-0.4, -0.2) is 19.2 Å². The van der Waals surface area contributed by atoms with Gasteiger partial charge in [-0.3, -0.25) is 0 Å². The van der Waals surface area contributed by atoms with Crippen molar-refractivity contribution in [2.45, 2.75) is 13.0 Å².